The quantitative estimate of drug-likeness (QED) is 0.332. The van der Waals surface area contributed by atoms with E-state index >= 15 is 0 Å². The maximum Gasteiger partial charge on any atom is 0.227 e. The lowest BCUT2D eigenvalue weighted by molar-refractivity contribution is -0.138. The van der Waals surface area contributed by atoms with Crippen LogP contribution in [0.1, 0.15) is 63.1 Å². The molecule has 1 heterocycles. The second-order valence-corrected chi connectivity index (χ2v) is 10.5. The zero-order valence-corrected chi connectivity index (χ0v) is 22.3. The summed E-state index contributed by atoms with van der Waals surface area (Å²) in [5.74, 6) is 0.740. The Labute approximate surface area is 213 Å². The number of rotatable bonds is 15. The Balaban J connectivity index is 2.15. The van der Waals surface area contributed by atoms with Gasteiger partial charge in [-0.3, -0.25) is 9.69 Å². The average molecular weight is 484 g/mol. The molecule has 1 aliphatic rings. The van der Waals surface area contributed by atoms with Gasteiger partial charge < -0.3 is 21.7 Å². The standard InChI is InChI=1S/C29H49N5O/c1-6-25-12-11-24(17-26(25)7-2)18-29(35)34-21-27(10-8-9-14-32-15-13-30)33(19-23(5)31)20-28(34)16-22(3)4/h6-7,11-12,17,22-23,27-28,32H,1-2,8-10,13-16,18-21,30-31H2,3-5H3/t23-,27?,28-/m1/s1. The Kier molecular flexibility index (Phi) is 12.7. The maximum absolute atomic E-state index is 13.7. The second kappa shape index (κ2) is 15.2. The summed E-state index contributed by atoms with van der Waals surface area (Å²) in [4.78, 5) is 18.4. The summed E-state index contributed by atoms with van der Waals surface area (Å²) in [5.41, 5.74) is 14.9. The van der Waals surface area contributed by atoms with Crippen molar-refractivity contribution in [3.63, 3.8) is 0 Å². The van der Waals surface area contributed by atoms with Crippen LogP contribution < -0.4 is 16.8 Å². The van der Waals surface area contributed by atoms with Gasteiger partial charge in [0, 0.05) is 50.8 Å². The fourth-order valence-electron chi connectivity index (χ4n) is 5.16. The fraction of sp³-hybridized carbons (Fsp3) is 0.621. The number of piperazine rings is 1. The molecule has 1 unspecified atom stereocenters. The van der Waals surface area contributed by atoms with E-state index in [-0.39, 0.29) is 18.0 Å². The summed E-state index contributed by atoms with van der Waals surface area (Å²) < 4.78 is 0. The molecule has 1 saturated heterocycles. The van der Waals surface area contributed by atoms with E-state index in [0.717, 1.165) is 75.1 Å². The third-order valence-corrected chi connectivity index (χ3v) is 6.80. The minimum atomic E-state index is 0.117. The Bertz CT molecular complexity index is 806. The van der Waals surface area contributed by atoms with Gasteiger partial charge in [0.05, 0.1) is 6.42 Å². The molecule has 3 atom stereocenters. The van der Waals surface area contributed by atoms with Crippen LogP contribution in [-0.4, -0.2) is 73.1 Å². The van der Waals surface area contributed by atoms with Crippen LogP contribution in [0, 0.1) is 5.92 Å². The van der Waals surface area contributed by atoms with Crippen molar-refractivity contribution in [3.05, 3.63) is 48.0 Å². The highest BCUT2D eigenvalue weighted by molar-refractivity contribution is 5.80. The van der Waals surface area contributed by atoms with Gasteiger partial charge in [-0.15, -0.1) is 0 Å². The van der Waals surface area contributed by atoms with E-state index < -0.39 is 0 Å². The SMILES string of the molecule is C=Cc1ccc(CC(=O)N2CC(CCCCNCCN)N(C[C@@H](C)N)C[C@H]2CC(C)C)cc1C=C. The Morgan fingerprint density at radius 1 is 1.11 bits per heavy atom. The number of nitrogens with zero attached hydrogens (tertiary/aromatic N) is 2. The predicted octanol–water partition coefficient (Wildman–Crippen LogP) is 3.51. The van der Waals surface area contributed by atoms with Gasteiger partial charge in [0.1, 0.15) is 0 Å². The molecule has 0 bridgehead atoms. The van der Waals surface area contributed by atoms with E-state index in [9.17, 15) is 4.79 Å². The smallest absolute Gasteiger partial charge is 0.227 e. The molecule has 0 radical (unpaired) electrons. The van der Waals surface area contributed by atoms with Crippen LogP contribution in [0.3, 0.4) is 0 Å². The van der Waals surface area contributed by atoms with Crippen molar-refractivity contribution in [2.24, 2.45) is 17.4 Å². The van der Waals surface area contributed by atoms with E-state index in [0.29, 0.717) is 24.9 Å². The maximum atomic E-state index is 13.7. The number of amides is 1. The molecule has 5 N–H and O–H groups in total. The molecular formula is C29H49N5O. The molecule has 0 spiro atoms. The van der Waals surface area contributed by atoms with Crippen molar-refractivity contribution in [2.75, 3.05) is 39.3 Å². The van der Waals surface area contributed by atoms with Crippen LogP contribution in [0.4, 0.5) is 0 Å². The van der Waals surface area contributed by atoms with Crippen LogP contribution in [0.5, 0.6) is 0 Å². The van der Waals surface area contributed by atoms with Crippen molar-refractivity contribution >= 4 is 18.1 Å². The monoisotopic (exact) mass is 483 g/mol. The van der Waals surface area contributed by atoms with Crippen LogP contribution in [0.15, 0.2) is 31.4 Å². The van der Waals surface area contributed by atoms with Crippen LogP contribution in [0.2, 0.25) is 0 Å². The van der Waals surface area contributed by atoms with Gasteiger partial charge >= 0.3 is 0 Å². The zero-order valence-electron chi connectivity index (χ0n) is 22.3. The molecular weight excluding hydrogens is 434 g/mol. The third kappa shape index (κ3) is 9.53. The van der Waals surface area contributed by atoms with E-state index in [1.54, 1.807) is 0 Å². The second-order valence-electron chi connectivity index (χ2n) is 10.5. The molecule has 1 aromatic carbocycles. The summed E-state index contributed by atoms with van der Waals surface area (Å²) in [6, 6.07) is 6.81. The number of carbonyl (C=O) groups is 1. The lowest BCUT2D eigenvalue weighted by Crippen LogP contribution is -2.61. The van der Waals surface area contributed by atoms with Gasteiger partial charge in [-0.1, -0.05) is 63.8 Å². The minimum absolute atomic E-state index is 0.117. The minimum Gasteiger partial charge on any atom is -0.337 e. The number of unbranched alkanes of at least 4 members (excludes halogenated alkanes) is 1. The first kappa shape index (κ1) is 29.2. The van der Waals surface area contributed by atoms with E-state index in [1.807, 2.05) is 24.3 Å². The normalized spacial score (nSPS) is 19.7. The number of nitrogens with two attached hydrogens (primary N) is 2. The molecule has 6 nitrogen and oxygen atoms in total. The predicted molar refractivity (Wildman–Crippen MR) is 150 cm³/mol. The highest BCUT2D eigenvalue weighted by Gasteiger charge is 2.36. The van der Waals surface area contributed by atoms with Gasteiger partial charge in [-0.2, -0.15) is 0 Å². The Hall–Kier alpha value is -1.99. The van der Waals surface area contributed by atoms with Gasteiger partial charge in [0.15, 0.2) is 0 Å². The first-order valence-electron chi connectivity index (χ1n) is 13.4. The number of hydrogen-bond donors (Lipinski definition) is 3. The van der Waals surface area contributed by atoms with Crippen LogP contribution >= 0.6 is 0 Å². The molecule has 1 aliphatic heterocycles. The highest BCUT2D eigenvalue weighted by atomic mass is 16.2. The van der Waals surface area contributed by atoms with E-state index in [1.165, 1.54) is 0 Å². The molecule has 1 amide bonds. The Morgan fingerprint density at radius 3 is 2.49 bits per heavy atom. The number of hydrogen-bond acceptors (Lipinski definition) is 5. The number of benzene rings is 1. The summed E-state index contributed by atoms with van der Waals surface area (Å²) in [5, 5.41) is 3.38. The van der Waals surface area contributed by atoms with E-state index in [2.05, 4.69) is 55.1 Å². The molecule has 0 aliphatic carbocycles. The van der Waals surface area contributed by atoms with Crippen molar-refractivity contribution in [2.45, 2.75) is 71.0 Å². The first-order valence-corrected chi connectivity index (χ1v) is 13.4. The molecule has 196 valence electrons. The summed E-state index contributed by atoms with van der Waals surface area (Å²) in [6.45, 7) is 19.4. The third-order valence-electron chi connectivity index (χ3n) is 6.80. The van der Waals surface area contributed by atoms with E-state index in [4.69, 9.17) is 11.5 Å². The topological polar surface area (TPSA) is 87.6 Å². The Morgan fingerprint density at radius 2 is 1.86 bits per heavy atom. The molecule has 1 aromatic rings. The molecule has 0 aromatic heterocycles. The fourth-order valence-corrected chi connectivity index (χ4v) is 5.16. The number of nitrogens with one attached hydrogen (secondary N) is 1. The molecule has 2 rings (SSSR count). The van der Waals surface area contributed by atoms with Gasteiger partial charge in [0.2, 0.25) is 5.91 Å². The largest absolute Gasteiger partial charge is 0.337 e. The van der Waals surface area contributed by atoms with Gasteiger partial charge in [-0.25, -0.2) is 0 Å². The summed E-state index contributed by atoms with van der Waals surface area (Å²) in [6.07, 6.45) is 8.39. The van der Waals surface area contributed by atoms with Gasteiger partial charge in [-0.05, 0) is 55.3 Å². The highest BCUT2D eigenvalue weighted by Crippen LogP contribution is 2.25. The van der Waals surface area contributed by atoms with Crippen molar-refractivity contribution in [1.29, 1.82) is 0 Å². The average Bonchev–Trinajstić information content (AvgIpc) is 2.81. The summed E-state index contributed by atoms with van der Waals surface area (Å²) >= 11 is 0. The number of carbonyl (C=O) groups excluding carboxylic acids is 1. The lowest BCUT2D eigenvalue weighted by Gasteiger charge is -2.48. The molecule has 0 saturated carbocycles. The molecule has 35 heavy (non-hydrogen) atoms. The van der Waals surface area contributed by atoms with Gasteiger partial charge in [0.25, 0.3) is 0 Å². The molecule has 6 heteroatoms. The van der Waals surface area contributed by atoms with Crippen molar-refractivity contribution < 1.29 is 4.79 Å². The van der Waals surface area contributed by atoms with Crippen molar-refractivity contribution in [3.8, 4) is 0 Å². The first-order chi connectivity index (χ1) is 16.8. The molecule has 1 fully saturated rings. The summed E-state index contributed by atoms with van der Waals surface area (Å²) in [7, 11) is 0. The lowest BCUT2D eigenvalue weighted by atomic mass is 9.94. The van der Waals surface area contributed by atoms with Crippen molar-refractivity contribution in [1.82, 2.24) is 15.1 Å². The zero-order chi connectivity index (χ0) is 25.8. The van der Waals surface area contributed by atoms with Crippen LogP contribution in [0.25, 0.3) is 12.2 Å². The van der Waals surface area contributed by atoms with Crippen LogP contribution in [-0.2, 0) is 11.2 Å².